The molecule has 148 valence electrons. The first kappa shape index (κ1) is 18.7. The lowest BCUT2D eigenvalue weighted by molar-refractivity contribution is 0.0793. The molecule has 0 unspecified atom stereocenters. The normalized spacial score (nSPS) is 13.3. The molecule has 1 fully saturated rings. The second-order valence-electron chi connectivity index (χ2n) is 6.82. The Morgan fingerprint density at radius 3 is 2.52 bits per heavy atom. The van der Waals surface area contributed by atoms with Crippen molar-refractivity contribution in [1.82, 2.24) is 25.0 Å². The fourth-order valence-corrected chi connectivity index (χ4v) is 3.32. The summed E-state index contributed by atoms with van der Waals surface area (Å²) < 4.78 is 1.66. The predicted octanol–water partition coefficient (Wildman–Crippen LogP) is 2.83. The first-order valence-electron chi connectivity index (χ1n) is 9.59. The molecule has 0 spiro atoms. The van der Waals surface area contributed by atoms with E-state index in [4.69, 9.17) is 0 Å². The van der Waals surface area contributed by atoms with E-state index < -0.39 is 0 Å². The van der Waals surface area contributed by atoms with E-state index in [-0.39, 0.29) is 11.9 Å². The smallest absolute Gasteiger partial charge is 0.319 e. The van der Waals surface area contributed by atoms with Crippen LogP contribution in [0.3, 0.4) is 0 Å². The van der Waals surface area contributed by atoms with Crippen molar-refractivity contribution in [3.8, 4) is 5.82 Å². The van der Waals surface area contributed by atoms with E-state index in [0.29, 0.717) is 23.6 Å². The van der Waals surface area contributed by atoms with Crippen LogP contribution in [-0.2, 0) is 6.54 Å². The van der Waals surface area contributed by atoms with Crippen molar-refractivity contribution in [2.24, 2.45) is 0 Å². The van der Waals surface area contributed by atoms with Gasteiger partial charge >= 0.3 is 6.03 Å². The molecule has 1 aromatic carbocycles. The van der Waals surface area contributed by atoms with Gasteiger partial charge in [-0.15, -0.1) is 0 Å². The molecule has 1 aliphatic rings. The Labute approximate surface area is 168 Å². The predicted molar refractivity (Wildman–Crippen MR) is 109 cm³/mol. The number of anilines is 1. The van der Waals surface area contributed by atoms with E-state index in [0.717, 1.165) is 31.5 Å². The summed E-state index contributed by atoms with van der Waals surface area (Å²) in [5.41, 5.74) is 2.11. The molecule has 3 amide bonds. The van der Waals surface area contributed by atoms with Gasteiger partial charge in [-0.1, -0.05) is 6.07 Å². The van der Waals surface area contributed by atoms with Crippen LogP contribution in [0.5, 0.6) is 0 Å². The van der Waals surface area contributed by atoms with E-state index in [9.17, 15) is 9.59 Å². The molecule has 1 saturated heterocycles. The van der Waals surface area contributed by atoms with Gasteiger partial charge in [-0.3, -0.25) is 4.79 Å². The molecule has 29 heavy (non-hydrogen) atoms. The van der Waals surface area contributed by atoms with Crippen LogP contribution in [-0.4, -0.2) is 44.7 Å². The Balaban J connectivity index is 1.34. The van der Waals surface area contributed by atoms with Gasteiger partial charge in [-0.25, -0.2) is 14.5 Å². The number of carbonyl (C=O) groups is 2. The average molecular weight is 390 g/mol. The second-order valence-corrected chi connectivity index (χ2v) is 6.82. The maximum Gasteiger partial charge on any atom is 0.319 e. The van der Waals surface area contributed by atoms with Gasteiger partial charge in [0.15, 0.2) is 5.82 Å². The van der Waals surface area contributed by atoms with Crippen molar-refractivity contribution in [2.75, 3.05) is 18.4 Å². The molecule has 2 N–H and O–H groups in total. The summed E-state index contributed by atoms with van der Waals surface area (Å²) in [6, 6.07) is 12.2. The van der Waals surface area contributed by atoms with Crippen LogP contribution < -0.4 is 10.6 Å². The van der Waals surface area contributed by atoms with Gasteiger partial charge in [0.2, 0.25) is 0 Å². The highest BCUT2D eigenvalue weighted by atomic mass is 16.2. The molecule has 0 atom stereocenters. The quantitative estimate of drug-likeness (QED) is 0.701. The first-order chi connectivity index (χ1) is 14.2. The Morgan fingerprint density at radius 1 is 1.00 bits per heavy atom. The van der Waals surface area contributed by atoms with Crippen molar-refractivity contribution in [2.45, 2.75) is 19.4 Å². The first-order valence-corrected chi connectivity index (χ1v) is 9.59. The number of likely N-dealkylation sites (tertiary alicyclic amines) is 1. The third kappa shape index (κ3) is 4.43. The van der Waals surface area contributed by atoms with E-state index in [1.807, 2.05) is 23.1 Å². The third-order valence-electron chi connectivity index (χ3n) is 4.81. The maximum absolute atomic E-state index is 12.4. The minimum atomic E-state index is -0.334. The van der Waals surface area contributed by atoms with Gasteiger partial charge in [0, 0.05) is 55.0 Å². The fraction of sp³-hybridized carbons (Fsp3) is 0.238. The molecule has 2 aromatic heterocycles. The number of rotatable bonds is 5. The molecule has 3 heterocycles. The molecule has 0 aliphatic carbocycles. The Kier molecular flexibility index (Phi) is 5.51. The second kappa shape index (κ2) is 8.55. The molecule has 0 bridgehead atoms. The van der Waals surface area contributed by atoms with Crippen molar-refractivity contribution in [3.63, 3.8) is 0 Å². The molecule has 8 nitrogen and oxygen atoms in total. The average Bonchev–Trinajstić information content (AvgIpc) is 3.47. The number of amides is 3. The van der Waals surface area contributed by atoms with Crippen molar-refractivity contribution < 1.29 is 9.59 Å². The minimum Gasteiger partial charge on any atom is -0.339 e. The van der Waals surface area contributed by atoms with E-state index in [1.165, 1.54) is 0 Å². The SMILES string of the molecule is O=C(NCc1cccnc1-n1cccn1)Nc1ccc(C(=O)N2CCCC2)cc1. The number of carbonyl (C=O) groups excluding carboxylic acids is 2. The Morgan fingerprint density at radius 2 is 1.79 bits per heavy atom. The molecule has 3 aromatic rings. The molecule has 0 radical (unpaired) electrons. The molecule has 8 heteroatoms. The number of benzene rings is 1. The zero-order chi connectivity index (χ0) is 20.1. The lowest BCUT2D eigenvalue weighted by Gasteiger charge is -2.15. The summed E-state index contributed by atoms with van der Waals surface area (Å²) in [5.74, 6) is 0.712. The van der Waals surface area contributed by atoms with Crippen molar-refractivity contribution in [3.05, 3.63) is 72.2 Å². The Bertz CT molecular complexity index is 979. The Hall–Kier alpha value is -3.68. The monoisotopic (exact) mass is 390 g/mol. The summed E-state index contributed by atoms with van der Waals surface area (Å²) in [7, 11) is 0. The topological polar surface area (TPSA) is 92.1 Å². The van der Waals surface area contributed by atoms with Gasteiger partial charge in [0.05, 0.1) is 0 Å². The summed E-state index contributed by atoms with van der Waals surface area (Å²) in [4.78, 5) is 30.8. The minimum absolute atomic E-state index is 0.0428. The van der Waals surface area contributed by atoms with Crippen LogP contribution in [0.1, 0.15) is 28.8 Å². The zero-order valence-corrected chi connectivity index (χ0v) is 15.9. The van der Waals surface area contributed by atoms with Crippen LogP contribution in [0.4, 0.5) is 10.5 Å². The van der Waals surface area contributed by atoms with E-state index in [2.05, 4.69) is 20.7 Å². The van der Waals surface area contributed by atoms with Crippen molar-refractivity contribution >= 4 is 17.6 Å². The number of pyridine rings is 1. The molecule has 0 saturated carbocycles. The molecule has 1 aliphatic heterocycles. The maximum atomic E-state index is 12.4. The number of urea groups is 1. The highest BCUT2D eigenvalue weighted by Crippen LogP contribution is 2.15. The van der Waals surface area contributed by atoms with Gasteiger partial charge < -0.3 is 15.5 Å². The largest absolute Gasteiger partial charge is 0.339 e. The number of hydrogen-bond acceptors (Lipinski definition) is 4. The number of nitrogens with one attached hydrogen (secondary N) is 2. The number of aromatic nitrogens is 3. The van der Waals surface area contributed by atoms with Gasteiger partial charge in [0.1, 0.15) is 0 Å². The lowest BCUT2D eigenvalue weighted by atomic mass is 10.2. The third-order valence-corrected chi connectivity index (χ3v) is 4.81. The summed E-state index contributed by atoms with van der Waals surface area (Å²) in [6.07, 6.45) is 7.29. The number of nitrogens with zero attached hydrogens (tertiary/aromatic N) is 4. The summed E-state index contributed by atoms with van der Waals surface area (Å²) >= 11 is 0. The van der Waals surface area contributed by atoms with Crippen LogP contribution in [0.2, 0.25) is 0 Å². The fourth-order valence-electron chi connectivity index (χ4n) is 3.32. The highest BCUT2D eigenvalue weighted by molar-refractivity contribution is 5.95. The van der Waals surface area contributed by atoms with Gasteiger partial charge in [-0.2, -0.15) is 5.10 Å². The molecular formula is C21H22N6O2. The molecule has 4 rings (SSSR count). The zero-order valence-electron chi connectivity index (χ0n) is 15.9. The van der Waals surface area contributed by atoms with Crippen molar-refractivity contribution in [1.29, 1.82) is 0 Å². The molecular weight excluding hydrogens is 368 g/mol. The highest BCUT2D eigenvalue weighted by Gasteiger charge is 2.19. The standard InChI is InChI=1S/C21H22N6O2/c28-20(26-12-1-2-13-26)16-6-8-18(9-7-16)25-21(29)23-15-17-5-3-10-22-19(17)27-14-4-11-24-27/h3-11,14H,1-2,12-13,15H2,(H2,23,25,29). The van der Waals surface area contributed by atoms with Gasteiger partial charge in [-0.05, 0) is 49.2 Å². The summed E-state index contributed by atoms with van der Waals surface area (Å²) in [6.45, 7) is 1.94. The van der Waals surface area contributed by atoms with Crippen LogP contribution >= 0.6 is 0 Å². The number of hydrogen-bond donors (Lipinski definition) is 2. The van der Waals surface area contributed by atoms with Crippen LogP contribution in [0, 0.1) is 0 Å². The lowest BCUT2D eigenvalue weighted by Crippen LogP contribution is -2.29. The van der Waals surface area contributed by atoms with E-state index in [1.54, 1.807) is 47.5 Å². The van der Waals surface area contributed by atoms with Crippen LogP contribution in [0.25, 0.3) is 5.82 Å². The van der Waals surface area contributed by atoms with E-state index >= 15 is 0 Å². The summed E-state index contributed by atoms with van der Waals surface area (Å²) in [5, 5.41) is 9.80. The van der Waals surface area contributed by atoms with Gasteiger partial charge in [0.25, 0.3) is 5.91 Å². The van der Waals surface area contributed by atoms with Crippen LogP contribution in [0.15, 0.2) is 61.1 Å².